The van der Waals surface area contributed by atoms with Crippen LogP contribution in [0.15, 0.2) is 64.4 Å². The first-order chi connectivity index (χ1) is 19.8. The van der Waals surface area contributed by atoms with Crippen LogP contribution in [0.1, 0.15) is 22.3 Å². The molecular weight excluding hydrogens is 586 g/mol. The molecule has 0 radical (unpaired) electrons. The summed E-state index contributed by atoms with van der Waals surface area (Å²) in [6.45, 7) is 5.16. The van der Waals surface area contributed by atoms with Crippen molar-refractivity contribution in [3.05, 3.63) is 91.9 Å². The Balaban J connectivity index is 1.51. The summed E-state index contributed by atoms with van der Waals surface area (Å²) in [5.41, 5.74) is 3.07. The van der Waals surface area contributed by atoms with Gasteiger partial charge in [-0.25, -0.2) is 0 Å². The predicted octanol–water partition coefficient (Wildman–Crippen LogP) is 4.97. The van der Waals surface area contributed by atoms with Gasteiger partial charge < -0.3 is 14.2 Å². The van der Waals surface area contributed by atoms with E-state index in [2.05, 4.69) is 5.32 Å². The molecule has 1 aliphatic rings. The molecule has 3 aromatic rings. The van der Waals surface area contributed by atoms with E-state index >= 15 is 0 Å². The standard InChI is InChI=1S/C28H25N3O9S2/c1-16-11-17(2)26(18(3)12-16)29-25(32)15-30-27(33)23(41-28(30)34)14-19-9-10-21(22(13-19)39-4)40-42(37,38)24-8-6-5-7-20(24)31(35)36/h5-14H,15H2,1-4H3,(H,29,32)/b23-14-. The number of nitro benzene ring substituents is 1. The number of carbonyl (C=O) groups is 3. The Bertz CT molecular complexity index is 1740. The first-order valence-corrected chi connectivity index (χ1v) is 14.5. The Labute approximate surface area is 245 Å². The molecule has 1 N–H and O–H groups in total. The summed E-state index contributed by atoms with van der Waals surface area (Å²) in [4.78, 5) is 49.0. The van der Waals surface area contributed by atoms with E-state index in [1.807, 2.05) is 32.9 Å². The predicted molar refractivity (Wildman–Crippen MR) is 156 cm³/mol. The maximum Gasteiger partial charge on any atom is 0.346 e. The van der Waals surface area contributed by atoms with Crippen molar-refractivity contribution in [1.29, 1.82) is 0 Å². The number of amides is 3. The van der Waals surface area contributed by atoms with Gasteiger partial charge in [-0.05, 0) is 73.5 Å². The molecular formula is C28H25N3O9S2. The molecule has 218 valence electrons. The summed E-state index contributed by atoms with van der Waals surface area (Å²) in [6.07, 6.45) is 1.39. The van der Waals surface area contributed by atoms with Gasteiger partial charge in [-0.3, -0.25) is 29.4 Å². The number of hydrogen-bond donors (Lipinski definition) is 1. The lowest BCUT2D eigenvalue weighted by molar-refractivity contribution is -0.387. The molecule has 42 heavy (non-hydrogen) atoms. The number of nitrogens with zero attached hydrogens (tertiary/aromatic N) is 2. The molecule has 3 aromatic carbocycles. The Morgan fingerprint density at radius 2 is 1.71 bits per heavy atom. The van der Waals surface area contributed by atoms with E-state index in [-0.39, 0.29) is 16.4 Å². The summed E-state index contributed by atoms with van der Waals surface area (Å²) in [7, 11) is -3.35. The average molecular weight is 612 g/mol. The van der Waals surface area contributed by atoms with E-state index < -0.39 is 49.2 Å². The Kier molecular flexibility index (Phi) is 8.68. The smallest absolute Gasteiger partial charge is 0.346 e. The number of thioether (sulfide) groups is 1. The summed E-state index contributed by atoms with van der Waals surface area (Å²) < 4.78 is 36.0. The van der Waals surface area contributed by atoms with Crippen LogP contribution in [0, 0.1) is 30.9 Å². The molecule has 1 saturated heterocycles. The van der Waals surface area contributed by atoms with Crippen molar-refractivity contribution < 1.29 is 36.6 Å². The van der Waals surface area contributed by atoms with Gasteiger partial charge >= 0.3 is 10.1 Å². The molecule has 0 aromatic heterocycles. The largest absolute Gasteiger partial charge is 0.493 e. The molecule has 0 bridgehead atoms. The third kappa shape index (κ3) is 6.44. The maximum absolute atomic E-state index is 13.0. The highest BCUT2D eigenvalue weighted by atomic mass is 32.2. The third-order valence-electron chi connectivity index (χ3n) is 6.13. The van der Waals surface area contributed by atoms with Gasteiger partial charge in [0.05, 0.1) is 16.9 Å². The van der Waals surface area contributed by atoms with E-state index in [4.69, 9.17) is 8.92 Å². The van der Waals surface area contributed by atoms with Crippen LogP contribution in [0.25, 0.3) is 6.08 Å². The number of anilines is 1. The van der Waals surface area contributed by atoms with Gasteiger partial charge in [0, 0.05) is 11.8 Å². The zero-order chi connectivity index (χ0) is 30.8. The maximum atomic E-state index is 13.0. The molecule has 1 aliphatic heterocycles. The van der Waals surface area contributed by atoms with Crippen molar-refractivity contribution in [3.63, 3.8) is 0 Å². The number of ether oxygens (including phenoxy) is 1. The molecule has 3 amide bonds. The zero-order valence-corrected chi connectivity index (χ0v) is 24.5. The number of benzene rings is 3. The van der Waals surface area contributed by atoms with Crippen molar-refractivity contribution >= 4 is 56.4 Å². The molecule has 1 fully saturated rings. The van der Waals surface area contributed by atoms with Crippen LogP contribution >= 0.6 is 11.8 Å². The normalized spacial score (nSPS) is 14.3. The van der Waals surface area contributed by atoms with Crippen molar-refractivity contribution in [2.75, 3.05) is 19.0 Å². The molecule has 0 atom stereocenters. The second-order valence-corrected chi connectivity index (χ2v) is 11.8. The van der Waals surface area contributed by atoms with Crippen molar-refractivity contribution in [1.82, 2.24) is 4.90 Å². The van der Waals surface area contributed by atoms with E-state index in [0.29, 0.717) is 23.0 Å². The molecule has 0 aliphatic carbocycles. The van der Waals surface area contributed by atoms with E-state index in [1.165, 1.54) is 43.5 Å². The van der Waals surface area contributed by atoms with Crippen LogP contribution in [0.2, 0.25) is 0 Å². The average Bonchev–Trinajstić information content (AvgIpc) is 3.18. The zero-order valence-electron chi connectivity index (χ0n) is 22.9. The van der Waals surface area contributed by atoms with Gasteiger partial charge in [0.25, 0.3) is 16.8 Å². The van der Waals surface area contributed by atoms with Gasteiger partial charge in [0.1, 0.15) is 6.54 Å². The molecule has 4 rings (SSSR count). The minimum atomic E-state index is -4.61. The van der Waals surface area contributed by atoms with Crippen molar-refractivity contribution in [2.24, 2.45) is 0 Å². The van der Waals surface area contributed by atoms with E-state index in [1.54, 1.807) is 0 Å². The Morgan fingerprint density at radius 1 is 1.05 bits per heavy atom. The lowest BCUT2D eigenvalue weighted by Crippen LogP contribution is -2.36. The fraction of sp³-hybridized carbons (Fsp3) is 0.179. The number of methoxy groups -OCH3 is 1. The number of imide groups is 1. The van der Waals surface area contributed by atoms with Crippen LogP contribution in [0.4, 0.5) is 16.2 Å². The van der Waals surface area contributed by atoms with Gasteiger partial charge in [-0.1, -0.05) is 35.9 Å². The first kappa shape index (κ1) is 30.3. The topological polar surface area (TPSA) is 162 Å². The number of aryl methyl sites for hydroxylation is 3. The van der Waals surface area contributed by atoms with Crippen LogP contribution in [-0.4, -0.2) is 48.9 Å². The fourth-order valence-corrected chi connectivity index (χ4v) is 6.26. The third-order valence-corrected chi connectivity index (χ3v) is 8.32. The van der Waals surface area contributed by atoms with Crippen LogP contribution in [0.5, 0.6) is 11.5 Å². The van der Waals surface area contributed by atoms with Crippen molar-refractivity contribution in [3.8, 4) is 11.5 Å². The molecule has 0 spiro atoms. The number of carbonyl (C=O) groups excluding carboxylic acids is 3. The second kappa shape index (κ2) is 12.0. The summed E-state index contributed by atoms with van der Waals surface area (Å²) in [6, 6.07) is 12.6. The van der Waals surface area contributed by atoms with Crippen molar-refractivity contribution in [2.45, 2.75) is 25.7 Å². The molecule has 0 saturated carbocycles. The minimum Gasteiger partial charge on any atom is -0.493 e. The fourth-order valence-electron chi connectivity index (χ4n) is 4.31. The Morgan fingerprint density at radius 3 is 2.36 bits per heavy atom. The monoisotopic (exact) mass is 611 g/mol. The number of rotatable bonds is 9. The quantitative estimate of drug-likeness (QED) is 0.151. The molecule has 1 heterocycles. The lowest BCUT2D eigenvalue weighted by Gasteiger charge is -2.16. The summed E-state index contributed by atoms with van der Waals surface area (Å²) in [5.74, 6) is -1.50. The highest BCUT2D eigenvalue weighted by Crippen LogP contribution is 2.36. The SMILES string of the molecule is COc1cc(/C=C2\SC(=O)N(CC(=O)Nc3c(C)cc(C)cc3C)C2=O)ccc1OS(=O)(=O)c1ccccc1[N+](=O)[O-]. The highest BCUT2D eigenvalue weighted by molar-refractivity contribution is 8.18. The minimum absolute atomic E-state index is 0.0405. The number of nitrogens with one attached hydrogen (secondary N) is 1. The van der Waals surface area contributed by atoms with E-state index in [9.17, 15) is 32.9 Å². The highest BCUT2D eigenvalue weighted by Gasteiger charge is 2.36. The number of para-hydroxylation sites is 1. The molecule has 0 unspecified atom stereocenters. The number of nitro groups is 1. The Hall–Kier alpha value is -4.69. The van der Waals surface area contributed by atoms with Crippen LogP contribution < -0.4 is 14.2 Å². The van der Waals surface area contributed by atoms with Gasteiger partial charge in [0.2, 0.25) is 5.91 Å². The molecule has 12 nitrogen and oxygen atoms in total. The summed E-state index contributed by atoms with van der Waals surface area (Å²) >= 11 is 0.649. The first-order valence-electron chi connectivity index (χ1n) is 12.3. The van der Waals surface area contributed by atoms with Gasteiger partial charge in [-0.15, -0.1) is 0 Å². The lowest BCUT2D eigenvalue weighted by atomic mass is 10.1. The second-order valence-electron chi connectivity index (χ2n) is 9.26. The van der Waals surface area contributed by atoms with Gasteiger partial charge in [0.15, 0.2) is 16.4 Å². The van der Waals surface area contributed by atoms with Crippen LogP contribution in [0.3, 0.4) is 0 Å². The summed E-state index contributed by atoms with van der Waals surface area (Å²) in [5, 5.41) is 13.4. The van der Waals surface area contributed by atoms with E-state index in [0.717, 1.165) is 33.7 Å². The molecule has 14 heteroatoms. The number of hydrogen-bond acceptors (Lipinski definition) is 10. The van der Waals surface area contributed by atoms with Gasteiger partial charge in [-0.2, -0.15) is 8.42 Å². The van der Waals surface area contributed by atoms with Crippen LogP contribution in [-0.2, 0) is 19.7 Å².